The van der Waals surface area contributed by atoms with Gasteiger partial charge in [0.25, 0.3) is 5.91 Å². The Bertz CT molecular complexity index is 1060. The number of hydrogen-bond donors (Lipinski definition) is 2. The molecule has 3 aromatic rings. The first-order valence-electron chi connectivity index (χ1n) is 9.38. The lowest BCUT2D eigenvalue weighted by Crippen LogP contribution is -2.49. The van der Waals surface area contributed by atoms with Crippen molar-refractivity contribution in [1.82, 2.24) is 14.9 Å². The van der Waals surface area contributed by atoms with Crippen LogP contribution in [0.2, 0.25) is 0 Å². The van der Waals surface area contributed by atoms with E-state index < -0.39 is 12.7 Å². The van der Waals surface area contributed by atoms with Gasteiger partial charge in [-0.1, -0.05) is 0 Å². The molecule has 0 aliphatic carbocycles. The van der Waals surface area contributed by atoms with E-state index in [2.05, 4.69) is 15.3 Å². The number of carbonyl (C=O) groups excluding carboxylic acids is 1. The molecule has 0 spiro atoms. The van der Waals surface area contributed by atoms with Crippen LogP contribution in [0.25, 0.3) is 10.9 Å². The number of fused-ring (bicyclic) bond motifs is 1. The lowest BCUT2D eigenvalue weighted by molar-refractivity contribution is -0.115. The molecule has 2 aromatic heterocycles. The maximum atomic E-state index is 13.4. The molecular weight excluding hydrogens is 402 g/mol. The molecule has 3 heterocycles. The minimum Gasteiger partial charge on any atom is -0.373 e. The Labute approximate surface area is 169 Å². The first-order chi connectivity index (χ1) is 14.3. The molecule has 0 radical (unpaired) electrons. The molecule has 1 amide bonds. The highest BCUT2D eigenvalue weighted by molar-refractivity contribution is 5.98. The molecule has 30 heavy (non-hydrogen) atoms. The molecule has 1 aromatic carbocycles. The molecule has 1 fully saturated rings. The third-order valence-corrected chi connectivity index (χ3v) is 4.95. The van der Waals surface area contributed by atoms with Gasteiger partial charge in [0, 0.05) is 43.3 Å². The molecule has 10 heteroatoms. The summed E-state index contributed by atoms with van der Waals surface area (Å²) in [5.41, 5.74) is 1.34. The average molecular weight is 421 g/mol. The number of nitrogens with zero attached hydrogens (tertiary/aromatic N) is 3. The van der Waals surface area contributed by atoms with E-state index >= 15 is 0 Å². The number of amides is 1. The Balaban J connectivity index is 1.43. The molecule has 1 saturated heterocycles. The maximum Gasteiger partial charge on any atom is 0.405 e. The Morgan fingerprint density at radius 1 is 1.13 bits per heavy atom. The Kier molecular flexibility index (Phi) is 5.23. The van der Waals surface area contributed by atoms with Crippen LogP contribution in [0.4, 0.5) is 29.1 Å². The summed E-state index contributed by atoms with van der Waals surface area (Å²) in [6.45, 7) is 0.484. The van der Waals surface area contributed by atoms with Gasteiger partial charge in [0.05, 0.1) is 5.69 Å². The van der Waals surface area contributed by atoms with E-state index in [0.717, 1.165) is 0 Å². The van der Waals surface area contributed by atoms with Crippen molar-refractivity contribution in [3.05, 3.63) is 54.1 Å². The number of carbonyl (C=O) groups is 1. The summed E-state index contributed by atoms with van der Waals surface area (Å²) in [6.07, 6.45) is -2.81. The highest BCUT2D eigenvalue weighted by atomic mass is 19.4. The fraction of sp³-hybridized carbons (Fsp3) is 0.300. The number of anilines is 2. The molecule has 1 aliphatic rings. The molecule has 158 valence electrons. The summed E-state index contributed by atoms with van der Waals surface area (Å²) in [5, 5.41) is 3.00. The van der Waals surface area contributed by atoms with Gasteiger partial charge in [0.2, 0.25) is 0 Å². The van der Waals surface area contributed by atoms with E-state index in [1.165, 1.54) is 18.3 Å². The normalized spacial score (nSPS) is 14.9. The van der Waals surface area contributed by atoms with E-state index in [4.69, 9.17) is 0 Å². The van der Waals surface area contributed by atoms with Gasteiger partial charge in [-0.2, -0.15) is 13.2 Å². The highest BCUT2D eigenvalue weighted by Crippen LogP contribution is 2.26. The summed E-state index contributed by atoms with van der Waals surface area (Å²) < 4.78 is 51.0. The van der Waals surface area contributed by atoms with Crippen LogP contribution < -0.4 is 10.2 Å². The van der Waals surface area contributed by atoms with Gasteiger partial charge in [-0.3, -0.25) is 4.79 Å². The highest BCUT2D eigenvalue weighted by Gasteiger charge is 2.29. The van der Waals surface area contributed by atoms with Gasteiger partial charge in [0.1, 0.15) is 18.1 Å². The van der Waals surface area contributed by atoms with E-state index in [1.54, 1.807) is 29.2 Å². The monoisotopic (exact) mass is 421 g/mol. The van der Waals surface area contributed by atoms with Crippen LogP contribution in [0, 0.1) is 5.82 Å². The van der Waals surface area contributed by atoms with Crippen LogP contribution in [-0.2, 0) is 0 Å². The van der Waals surface area contributed by atoms with Gasteiger partial charge in [-0.25, -0.2) is 9.37 Å². The SMILES string of the molecule is O=C(c1cc2cc(F)ccc2[nH]1)N1CCN(c2ncccc2NCC(F)(F)F)CC1. The topological polar surface area (TPSA) is 64.3 Å². The average Bonchev–Trinajstić information content (AvgIpc) is 3.15. The molecule has 0 unspecified atom stereocenters. The van der Waals surface area contributed by atoms with Gasteiger partial charge in [-0.15, -0.1) is 0 Å². The van der Waals surface area contributed by atoms with Crippen molar-refractivity contribution in [2.45, 2.75) is 6.18 Å². The molecular formula is C20H19F4N5O. The minimum absolute atomic E-state index is 0.206. The summed E-state index contributed by atoms with van der Waals surface area (Å²) in [4.78, 5) is 23.5. The summed E-state index contributed by atoms with van der Waals surface area (Å²) in [6, 6.07) is 9.00. The van der Waals surface area contributed by atoms with Gasteiger partial charge in [0.15, 0.2) is 5.82 Å². The number of H-pyrrole nitrogens is 1. The quantitative estimate of drug-likeness (QED) is 0.632. The number of aromatic amines is 1. The number of aromatic nitrogens is 2. The third kappa shape index (κ3) is 4.32. The van der Waals surface area contributed by atoms with Gasteiger partial charge in [-0.05, 0) is 36.4 Å². The zero-order valence-corrected chi connectivity index (χ0v) is 15.8. The molecule has 0 atom stereocenters. The van der Waals surface area contributed by atoms with E-state index in [-0.39, 0.29) is 11.7 Å². The van der Waals surface area contributed by atoms with E-state index in [9.17, 15) is 22.4 Å². The molecule has 2 N–H and O–H groups in total. The van der Waals surface area contributed by atoms with Crippen LogP contribution in [0.1, 0.15) is 10.5 Å². The Hall–Kier alpha value is -3.30. The van der Waals surface area contributed by atoms with Crippen molar-refractivity contribution < 1.29 is 22.4 Å². The first kappa shape index (κ1) is 20.0. The lowest BCUT2D eigenvalue weighted by atomic mass is 10.2. The predicted octanol–water partition coefficient (Wildman–Crippen LogP) is 3.64. The summed E-state index contributed by atoms with van der Waals surface area (Å²) in [5.74, 6) is -0.156. The molecule has 4 rings (SSSR count). The first-order valence-corrected chi connectivity index (χ1v) is 9.38. The minimum atomic E-state index is -4.33. The number of pyridine rings is 1. The van der Waals surface area contributed by atoms with Gasteiger partial charge >= 0.3 is 6.18 Å². The van der Waals surface area contributed by atoms with Crippen LogP contribution >= 0.6 is 0 Å². The molecule has 1 aliphatic heterocycles. The van der Waals surface area contributed by atoms with Crippen molar-refractivity contribution >= 4 is 28.3 Å². The largest absolute Gasteiger partial charge is 0.405 e. The van der Waals surface area contributed by atoms with Crippen LogP contribution in [0.3, 0.4) is 0 Å². The number of hydrogen-bond acceptors (Lipinski definition) is 4. The number of piperazine rings is 1. The number of alkyl halides is 3. The number of benzene rings is 1. The Morgan fingerprint density at radius 2 is 1.90 bits per heavy atom. The molecule has 0 bridgehead atoms. The second-order valence-electron chi connectivity index (χ2n) is 7.04. The van der Waals surface area contributed by atoms with E-state index in [0.29, 0.717) is 54.3 Å². The number of rotatable bonds is 4. The zero-order valence-electron chi connectivity index (χ0n) is 15.8. The zero-order chi connectivity index (χ0) is 21.3. The second kappa shape index (κ2) is 7.85. The smallest absolute Gasteiger partial charge is 0.373 e. The van der Waals surface area contributed by atoms with Crippen molar-refractivity contribution in [2.75, 3.05) is 42.9 Å². The van der Waals surface area contributed by atoms with Crippen molar-refractivity contribution in [1.29, 1.82) is 0 Å². The third-order valence-electron chi connectivity index (χ3n) is 4.95. The second-order valence-corrected chi connectivity index (χ2v) is 7.04. The maximum absolute atomic E-state index is 13.4. The van der Waals surface area contributed by atoms with Crippen molar-refractivity contribution in [3.63, 3.8) is 0 Å². The summed E-state index contributed by atoms with van der Waals surface area (Å²) >= 11 is 0. The van der Waals surface area contributed by atoms with Gasteiger partial charge < -0.3 is 20.1 Å². The number of nitrogens with one attached hydrogen (secondary N) is 2. The predicted molar refractivity (Wildman–Crippen MR) is 105 cm³/mol. The fourth-order valence-electron chi connectivity index (χ4n) is 3.49. The molecule has 0 saturated carbocycles. The number of halogens is 4. The Morgan fingerprint density at radius 3 is 2.63 bits per heavy atom. The standard InChI is InChI=1S/C20H19F4N5O/c21-14-3-4-15-13(10-14)11-17(27-15)19(30)29-8-6-28(7-9-29)18-16(2-1-5-25-18)26-12-20(22,23)24/h1-5,10-11,26-27H,6-9,12H2. The van der Waals surface area contributed by atoms with E-state index in [1.807, 2.05) is 4.90 Å². The van der Waals surface area contributed by atoms with Crippen LogP contribution in [0.5, 0.6) is 0 Å². The van der Waals surface area contributed by atoms with Crippen molar-refractivity contribution in [3.8, 4) is 0 Å². The summed E-state index contributed by atoms with van der Waals surface area (Å²) in [7, 11) is 0. The van der Waals surface area contributed by atoms with Crippen molar-refractivity contribution in [2.24, 2.45) is 0 Å². The van der Waals surface area contributed by atoms with Crippen LogP contribution in [0.15, 0.2) is 42.6 Å². The van der Waals surface area contributed by atoms with Crippen LogP contribution in [-0.4, -0.2) is 59.7 Å². The molecule has 6 nitrogen and oxygen atoms in total. The fourth-order valence-corrected chi connectivity index (χ4v) is 3.49. The lowest BCUT2D eigenvalue weighted by Gasteiger charge is -2.36.